The minimum atomic E-state index is -4.65. The van der Waals surface area contributed by atoms with E-state index in [4.69, 9.17) is 9.15 Å². The van der Waals surface area contributed by atoms with Crippen LogP contribution in [0.15, 0.2) is 16.5 Å². The van der Waals surface area contributed by atoms with E-state index in [0.29, 0.717) is 18.4 Å². The monoisotopic (exact) mass is 499 g/mol. The lowest BCUT2D eigenvalue weighted by atomic mass is 10.0. The van der Waals surface area contributed by atoms with Crippen LogP contribution in [0.1, 0.15) is 62.2 Å². The van der Waals surface area contributed by atoms with E-state index in [1.165, 1.54) is 0 Å². The highest BCUT2D eigenvalue weighted by atomic mass is 19.4. The average Bonchev–Trinajstić information content (AvgIpc) is 3.05. The van der Waals surface area contributed by atoms with Gasteiger partial charge in [0.1, 0.15) is 12.2 Å². The predicted octanol–water partition coefficient (Wildman–Crippen LogP) is 5.87. The standard InChI is InChI=1S/C24H26F5N3O3/c1-23(2)4-3-5-32(23)22-31-19(18(35-22)11-24(27,28)29)21(33)30-14-9-16(25)20(17(26)10-14)34-15-7-12-6-13(12)8-15/h9-10,12-13,15H,3-8,11H2,1-2H3,(H,30,33)/t12-,13?,15?/m0/s1. The summed E-state index contributed by atoms with van der Waals surface area (Å²) in [6.07, 6.45) is -2.19. The number of carbonyl (C=O) groups excluding carboxylic acids is 1. The van der Waals surface area contributed by atoms with Crippen LogP contribution in [0, 0.1) is 23.5 Å². The Hall–Kier alpha value is -2.85. The molecule has 3 atom stereocenters. The lowest BCUT2D eigenvalue weighted by molar-refractivity contribution is -0.130. The molecule has 35 heavy (non-hydrogen) atoms. The number of halogens is 5. The highest BCUT2D eigenvalue weighted by Crippen LogP contribution is 2.52. The fraction of sp³-hybridized carbons (Fsp3) is 0.583. The molecule has 2 unspecified atom stereocenters. The summed E-state index contributed by atoms with van der Waals surface area (Å²) in [5.41, 5.74) is -1.25. The van der Waals surface area contributed by atoms with Crippen molar-refractivity contribution in [1.29, 1.82) is 0 Å². The van der Waals surface area contributed by atoms with Crippen LogP contribution in [-0.2, 0) is 6.42 Å². The number of ether oxygens (including phenoxy) is 1. The van der Waals surface area contributed by atoms with Gasteiger partial charge in [-0.25, -0.2) is 8.78 Å². The first-order valence-electron chi connectivity index (χ1n) is 11.7. The van der Waals surface area contributed by atoms with Gasteiger partial charge >= 0.3 is 6.18 Å². The second-order valence-corrected chi connectivity index (χ2v) is 10.3. The number of alkyl halides is 3. The van der Waals surface area contributed by atoms with Gasteiger partial charge in [0.25, 0.3) is 11.9 Å². The molecule has 190 valence electrons. The number of carbonyl (C=O) groups is 1. The fourth-order valence-electron chi connectivity index (χ4n) is 5.25. The molecule has 1 amide bonds. The van der Waals surface area contributed by atoms with Crippen molar-refractivity contribution in [3.8, 4) is 5.75 Å². The molecule has 1 aromatic carbocycles. The predicted molar refractivity (Wildman–Crippen MR) is 116 cm³/mol. The third-order valence-electron chi connectivity index (χ3n) is 7.14. The van der Waals surface area contributed by atoms with Crippen LogP contribution in [0.2, 0.25) is 0 Å². The number of amides is 1. The summed E-state index contributed by atoms with van der Waals surface area (Å²) < 4.78 is 79.6. The maximum absolute atomic E-state index is 14.6. The Morgan fingerprint density at radius 1 is 1.20 bits per heavy atom. The molecule has 2 saturated carbocycles. The van der Waals surface area contributed by atoms with Crippen LogP contribution in [0.5, 0.6) is 5.75 Å². The molecule has 0 bridgehead atoms. The Balaban J connectivity index is 1.36. The van der Waals surface area contributed by atoms with Crippen molar-refractivity contribution in [2.75, 3.05) is 16.8 Å². The normalized spacial score (nSPS) is 25.0. The molecule has 0 spiro atoms. The van der Waals surface area contributed by atoms with Crippen LogP contribution in [0.4, 0.5) is 33.7 Å². The number of hydrogen-bond donors (Lipinski definition) is 1. The van der Waals surface area contributed by atoms with E-state index < -0.39 is 52.9 Å². The third-order valence-corrected chi connectivity index (χ3v) is 7.14. The van der Waals surface area contributed by atoms with Gasteiger partial charge < -0.3 is 19.4 Å². The van der Waals surface area contributed by atoms with E-state index in [1.807, 2.05) is 13.8 Å². The summed E-state index contributed by atoms with van der Waals surface area (Å²) in [7, 11) is 0. The summed E-state index contributed by atoms with van der Waals surface area (Å²) in [6.45, 7) is 4.31. The van der Waals surface area contributed by atoms with Gasteiger partial charge in [0.2, 0.25) is 0 Å². The number of anilines is 2. The first kappa shape index (κ1) is 23.9. The number of benzene rings is 1. The molecule has 1 N–H and O–H groups in total. The molecule has 3 fully saturated rings. The van der Waals surface area contributed by atoms with Crippen LogP contribution in [-0.4, -0.2) is 35.3 Å². The SMILES string of the molecule is CC1(C)CCCN1c1nc(C(=O)Nc2cc(F)c(OC3CC4C[C@H]4C3)c(F)c2)c(CC(F)(F)F)o1. The van der Waals surface area contributed by atoms with Crippen molar-refractivity contribution in [2.24, 2.45) is 11.8 Å². The van der Waals surface area contributed by atoms with E-state index >= 15 is 0 Å². The van der Waals surface area contributed by atoms with Crippen molar-refractivity contribution < 1.29 is 35.9 Å². The largest absolute Gasteiger partial charge is 0.484 e. The Labute approximate surface area is 198 Å². The zero-order valence-electron chi connectivity index (χ0n) is 19.3. The van der Waals surface area contributed by atoms with Gasteiger partial charge in [-0.2, -0.15) is 18.2 Å². The molecule has 5 rings (SSSR count). The Morgan fingerprint density at radius 3 is 2.43 bits per heavy atom. The summed E-state index contributed by atoms with van der Waals surface area (Å²) in [4.78, 5) is 18.6. The van der Waals surface area contributed by atoms with E-state index in [1.54, 1.807) is 4.90 Å². The molecule has 0 radical (unpaired) electrons. The zero-order valence-corrected chi connectivity index (χ0v) is 19.3. The van der Waals surface area contributed by atoms with E-state index in [2.05, 4.69) is 10.3 Å². The van der Waals surface area contributed by atoms with E-state index in [9.17, 15) is 26.7 Å². The van der Waals surface area contributed by atoms with Crippen molar-refractivity contribution in [3.05, 3.63) is 35.2 Å². The molecule has 2 aliphatic carbocycles. The van der Waals surface area contributed by atoms with Gasteiger partial charge in [-0.3, -0.25) is 4.79 Å². The molecule has 2 heterocycles. The van der Waals surface area contributed by atoms with E-state index in [-0.39, 0.29) is 17.8 Å². The van der Waals surface area contributed by atoms with Crippen molar-refractivity contribution in [3.63, 3.8) is 0 Å². The maximum atomic E-state index is 14.6. The average molecular weight is 499 g/mol. The smallest absolute Gasteiger partial charge is 0.396 e. The van der Waals surface area contributed by atoms with Crippen molar-refractivity contribution in [2.45, 2.75) is 70.2 Å². The topological polar surface area (TPSA) is 67.6 Å². The number of oxazole rings is 1. The highest BCUT2D eigenvalue weighted by Gasteiger charge is 2.47. The Kier molecular flexibility index (Phi) is 5.71. The van der Waals surface area contributed by atoms with Gasteiger partial charge in [-0.05, 0) is 57.8 Å². The molecule has 11 heteroatoms. The highest BCUT2D eigenvalue weighted by molar-refractivity contribution is 6.03. The van der Waals surface area contributed by atoms with Crippen LogP contribution >= 0.6 is 0 Å². The second kappa shape index (κ2) is 8.37. The van der Waals surface area contributed by atoms with Gasteiger partial charge in [-0.15, -0.1) is 0 Å². The number of rotatable bonds is 6. The first-order chi connectivity index (χ1) is 16.4. The van der Waals surface area contributed by atoms with Crippen LogP contribution in [0.25, 0.3) is 0 Å². The van der Waals surface area contributed by atoms with Gasteiger partial charge in [0.05, 0.1) is 6.10 Å². The van der Waals surface area contributed by atoms with E-state index in [0.717, 1.165) is 44.2 Å². The van der Waals surface area contributed by atoms with Gasteiger partial charge in [-0.1, -0.05) is 0 Å². The van der Waals surface area contributed by atoms with Gasteiger partial charge in [0, 0.05) is 29.9 Å². The molecule has 6 nitrogen and oxygen atoms in total. The molecule has 1 saturated heterocycles. The molecular weight excluding hydrogens is 473 g/mol. The van der Waals surface area contributed by atoms with Crippen molar-refractivity contribution >= 4 is 17.6 Å². The Bertz CT molecular complexity index is 1110. The quantitative estimate of drug-likeness (QED) is 0.504. The fourth-order valence-corrected chi connectivity index (χ4v) is 5.25. The summed E-state index contributed by atoms with van der Waals surface area (Å²) >= 11 is 0. The Morgan fingerprint density at radius 2 is 1.86 bits per heavy atom. The zero-order chi connectivity index (χ0) is 25.1. The number of nitrogens with zero attached hydrogens (tertiary/aromatic N) is 2. The molecular formula is C24H26F5N3O3. The first-order valence-corrected chi connectivity index (χ1v) is 11.7. The number of aromatic nitrogens is 1. The lowest BCUT2D eigenvalue weighted by Crippen LogP contribution is -2.38. The van der Waals surface area contributed by atoms with Crippen LogP contribution < -0.4 is 15.0 Å². The molecule has 3 aliphatic rings. The second-order valence-electron chi connectivity index (χ2n) is 10.3. The summed E-state index contributed by atoms with van der Waals surface area (Å²) in [5, 5.41) is 2.24. The summed E-state index contributed by atoms with van der Waals surface area (Å²) in [5.74, 6) is -3.12. The summed E-state index contributed by atoms with van der Waals surface area (Å²) in [6, 6.07) is 1.66. The maximum Gasteiger partial charge on any atom is 0.396 e. The minimum Gasteiger partial charge on any atom is -0.484 e. The van der Waals surface area contributed by atoms with Crippen LogP contribution in [0.3, 0.4) is 0 Å². The molecule has 1 aliphatic heterocycles. The molecule has 2 aromatic rings. The minimum absolute atomic E-state index is 0.0902. The lowest BCUT2D eigenvalue weighted by Gasteiger charge is -2.29. The molecule has 1 aromatic heterocycles. The van der Waals surface area contributed by atoms with Gasteiger partial charge in [0.15, 0.2) is 23.1 Å². The number of hydrogen-bond acceptors (Lipinski definition) is 5. The number of fused-ring (bicyclic) bond motifs is 1. The number of nitrogens with one attached hydrogen (secondary N) is 1. The van der Waals surface area contributed by atoms with Crippen molar-refractivity contribution in [1.82, 2.24) is 4.98 Å². The third kappa shape index (κ3) is 4.95.